The van der Waals surface area contributed by atoms with E-state index in [1.165, 1.54) is 12.1 Å². The van der Waals surface area contributed by atoms with Crippen LogP contribution in [0, 0.1) is 0 Å². The van der Waals surface area contributed by atoms with Gasteiger partial charge in [0, 0.05) is 10.9 Å². The number of aromatic nitrogens is 6. The molecule has 0 spiro atoms. The maximum Gasteiger partial charge on any atom is 0.433 e. The van der Waals surface area contributed by atoms with Gasteiger partial charge in [-0.25, -0.2) is 19.3 Å². The van der Waals surface area contributed by atoms with E-state index in [1.807, 2.05) is 30.3 Å². The van der Waals surface area contributed by atoms with Crippen molar-refractivity contribution in [1.82, 2.24) is 29.8 Å². The van der Waals surface area contributed by atoms with E-state index in [2.05, 4.69) is 31.0 Å². The fourth-order valence-electron chi connectivity index (χ4n) is 3.71. The Morgan fingerprint density at radius 2 is 1.76 bits per heavy atom. The quantitative estimate of drug-likeness (QED) is 0.297. The predicted molar refractivity (Wildman–Crippen MR) is 130 cm³/mol. The minimum absolute atomic E-state index is 0.134. The van der Waals surface area contributed by atoms with Crippen molar-refractivity contribution >= 4 is 34.7 Å². The van der Waals surface area contributed by atoms with Gasteiger partial charge in [-0.15, -0.1) is 10.2 Å². The lowest BCUT2D eigenvalue weighted by Gasteiger charge is -2.09. The summed E-state index contributed by atoms with van der Waals surface area (Å²) in [5.41, 5.74) is 1.08. The normalized spacial score (nSPS) is 11.4. The Morgan fingerprint density at radius 3 is 2.50 bits per heavy atom. The second-order valence-electron chi connectivity index (χ2n) is 8.05. The smallest absolute Gasteiger partial charge is 0.433 e. The van der Waals surface area contributed by atoms with E-state index in [0.29, 0.717) is 22.5 Å². The highest BCUT2D eigenvalue weighted by atomic mass is 19.4. The van der Waals surface area contributed by atoms with Crippen molar-refractivity contribution < 1.29 is 27.9 Å². The molecule has 3 aromatic heterocycles. The molecule has 0 aliphatic carbocycles. The fraction of sp³-hybridized carbons (Fsp3) is 0.0833. The average Bonchev–Trinajstić information content (AvgIpc) is 3.49. The van der Waals surface area contributed by atoms with Crippen molar-refractivity contribution in [3.8, 4) is 11.3 Å². The van der Waals surface area contributed by atoms with Crippen LogP contribution >= 0.6 is 0 Å². The number of halogens is 3. The van der Waals surface area contributed by atoms with Gasteiger partial charge < -0.3 is 5.11 Å². The van der Waals surface area contributed by atoms with Gasteiger partial charge in [0.05, 0.1) is 18.3 Å². The van der Waals surface area contributed by atoms with Crippen LogP contribution in [0.5, 0.6) is 0 Å². The molecule has 38 heavy (non-hydrogen) atoms. The van der Waals surface area contributed by atoms with E-state index >= 15 is 0 Å². The zero-order valence-corrected chi connectivity index (χ0v) is 19.2. The molecule has 14 heteroatoms. The number of alkyl halides is 3. The summed E-state index contributed by atoms with van der Waals surface area (Å²) in [5.74, 6) is -0.486. The van der Waals surface area contributed by atoms with E-state index < -0.39 is 24.0 Å². The Morgan fingerprint density at radius 1 is 0.974 bits per heavy atom. The van der Waals surface area contributed by atoms with Gasteiger partial charge in [0.2, 0.25) is 0 Å². The van der Waals surface area contributed by atoms with Crippen LogP contribution in [0.3, 0.4) is 0 Å². The summed E-state index contributed by atoms with van der Waals surface area (Å²) < 4.78 is 41.1. The number of carboxylic acid groups (broad SMARTS) is 1. The molecular formula is C24H17F3N8O3. The summed E-state index contributed by atoms with van der Waals surface area (Å²) in [6.07, 6.45) is -4.37. The number of benzene rings is 2. The average molecular weight is 522 g/mol. The molecule has 0 unspecified atom stereocenters. The Hall–Kier alpha value is -5.27. The molecule has 0 saturated heterocycles. The van der Waals surface area contributed by atoms with Crippen molar-refractivity contribution in [3.05, 3.63) is 84.2 Å². The van der Waals surface area contributed by atoms with Crippen molar-refractivity contribution in [2.45, 2.75) is 12.7 Å². The largest absolute Gasteiger partial charge is 0.463 e. The summed E-state index contributed by atoms with van der Waals surface area (Å²) in [4.78, 5) is 27.6. The van der Waals surface area contributed by atoms with E-state index in [4.69, 9.17) is 0 Å². The standard InChI is InChI=1S/C24H17F3N8O3/c25-24(26,27)19-7-4-8-20(28-19)29-22(36)30-21-16-11-15(9-10-18(16)35(32-21)23(37)38)17-13-34(33-31-17)12-14-5-2-1-3-6-14/h1-11,13H,12H2,(H,37,38)(H2,28,29,30,32,36). The van der Waals surface area contributed by atoms with Crippen molar-refractivity contribution in [2.75, 3.05) is 10.6 Å². The van der Waals surface area contributed by atoms with Crippen LogP contribution in [-0.4, -0.2) is 47.0 Å². The van der Waals surface area contributed by atoms with Crippen LogP contribution in [-0.2, 0) is 12.7 Å². The second-order valence-corrected chi connectivity index (χ2v) is 8.05. The Balaban J connectivity index is 1.42. The third-order valence-corrected chi connectivity index (χ3v) is 5.40. The van der Waals surface area contributed by atoms with Crippen molar-refractivity contribution in [3.63, 3.8) is 0 Å². The van der Waals surface area contributed by atoms with Crippen LogP contribution in [0.2, 0.25) is 0 Å². The van der Waals surface area contributed by atoms with Crippen LogP contribution in [0.25, 0.3) is 22.2 Å². The molecule has 2 aromatic carbocycles. The number of hydrogen-bond acceptors (Lipinski definition) is 6. The molecule has 3 N–H and O–H groups in total. The van der Waals surface area contributed by atoms with Gasteiger partial charge in [0.1, 0.15) is 17.2 Å². The minimum atomic E-state index is -4.69. The van der Waals surface area contributed by atoms with Gasteiger partial charge in [0.15, 0.2) is 5.82 Å². The molecule has 0 fully saturated rings. The Bertz CT molecular complexity index is 1650. The summed E-state index contributed by atoms with van der Waals surface area (Å²) in [7, 11) is 0. The first kappa shape index (κ1) is 24.4. The lowest BCUT2D eigenvalue weighted by atomic mass is 10.1. The molecule has 0 radical (unpaired) electrons. The molecule has 5 aromatic rings. The summed E-state index contributed by atoms with van der Waals surface area (Å²) in [5, 5.41) is 26.6. The van der Waals surface area contributed by atoms with E-state index in [-0.39, 0.29) is 22.5 Å². The molecule has 0 aliphatic heterocycles. The van der Waals surface area contributed by atoms with Crippen LogP contribution in [0.15, 0.2) is 72.9 Å². The monoisotopic (exact) mass is 522 g/mol. The van der Waals surface area contributed by atoms with Crippen molar-refractivity contribution in [1.29, 1.82) is 0 Å². The van der Waals surface area contributed by atoms with Crippen LogP contribution < -0.4 is 10.6 Å². The molecule has 11 nitrogen and oxygen atoms in total. The Kier molecular flexibility index (Phi) is 6.20. The van der Waals surface area contributed by atoms with E-state index in [0.717, 1.165) is 17.7 Å². The summed E-state index contributed by atoms with van der Waals surface area (Å²) >= 11 is 0. The van der Waals surface area contributed by atoms with Gasteiger partial charge in [-0.05, 0) is 29.8 Å². The molecular weight excluding hydrogens is 505 g/mol. The SMILES string of the molecule is O=C(Nc1cccc(C(F)(F)F)n1)Nc1nn(C(=O)O)c2ccc(-c3cn(Cc4ccccc4)nn3)cc12. The van der Waals surface area contributed by atoms with E-state index in [1.54, 1.807) is 23.0 Å². The number of urea groups is 1. The van der Waals surface area contributed by atoms with E-state index in [9.17, 15) is 27.9 Å². The summed E-state index contributed by atoms with van der Waals surface area (Å²) in [6.45, 7) is 0.490. The summed E-state index contributed by atoms with van der Waals surface area (Å²) in [6, 6.07) is 16.4. The van der Waals surface area contributed by atoms with Gasteiger partial charge in [0.25, 0.3) is 0 Å². The van der Waals surface area contributed by atoms with Gasteiger partial charge >= 0.3 is 18.3 Å². The third-order valence-electron chi connectivity index (χ3n) is 5.40. The molecule has 5 rings (SSSR count). The first-order chi connectivity index (χ1) is 18.2. The molecule has 3 heterocycles. The zero-order valence-electron chi connectivity index (χ0n) is 19.2. The number of fused-ring (bicyclic) bond motifs is 1. The maximum atomic E-state index is 12.9. The lowest BCUT2D eigenvalue weighted by Crippen LogP contribution is -2.21. The highest BCUT2D eigenvalue weighted by molar-refractivity contribution is 6.06. The Labute approximate surface area is 211 Å². The minimum Gasteiger partial charge on any atom is -0.463 e. The van der Waals surface area contributed by atoms with Gasteiger partial charge in [-0.1, -0.05) is 47.7 Å². The first-order valence-corrected chi connectivity index (χ1v) is 11.0. The number of carbonyl (C=O) groups excluding carboxylic acids is 1. The van der Waals surface area contributed by atoms with Gasteiger partial charge in [-0.2, -0.15) is 17.9 Å². The number of nitrogens with one attached hydrogen (secondary N) is 2. The number of carbonyl (C=O) groups is 2. The maximum absolute atomic E-state index is 12.9. The number of amides is 2. The molecule has 0 atom stereocenters. The topological polar surface area (TPSA) is 140 Å². The number of rotatable bonds is 5. The number of anilines is 2. The molecule has 2 amide bonds. The molecule has 0 saturated carbocycles. The van der Waals surface area contributed by atoms with Crippen molar-refractivity contribution in [2.24, 2.45) is 0 Å². The predicted octanol–water partition coefficient (Wildman–Crippen LogP) is 4.93. The zero-order chi connectivity index (χ0) is 26.9. The number of nitrogens with zero attached hydrogens (tertiary/aromatic N) is 6. The third kappa shape index (κ3) is 5.13. The fourth-order valence-corrected chi connectivity index (χ4v) is 3.71. The lowest BCUT2D eigenvalue weighted by molar-refractivity contribution is -0.141. The van der Waals surface area contributed by atoms with Gasteiger partial charge in [-0.3, -0.25) is 10.6 Å². The molecule has 0 aliphatic rings. The number of pyridine rings is 1. The highest BCUT2D eigenvalue weighted by Crippen LogP contribution is 2.30. The first-order valence-electron chi connectivity index (χ1n) is 11.0. The highest BCUT2D eigenvalue weighted by Gasteiger charge is 2.32. The van der Waals surface area contributed by atoms with Crippen LogP contribution in [0.4, 0.5) is 34.4 Å². The van der Waals surface area contributed by atoms with Crippen LogP contribution in [0.1, 0.15) is 11.3 Å². The second kappa shape index (κ2) is 9.65. The molecule has 0 bridgehead atoms. The number of hydrogen-bond donors (Lipinski definition) is 3. The molecule has 192 valence electrons.